The number of amides is 1. The first-order chi connectivity index (χ1) is 12.6. The minimum atomic E-state index is -0.438. The van der Waals surface area contributed by atoms with E-state index in [2.05, 4.69) is 10.2 Å². The van der Waals surface area contributed by atoms with Gasteiger partial charge in [-0.3, -0.25) is 9.36 Å². The van der Waals surface area contributed by atoms with E-state index in [1.165, 1.54) is 6.07 Å². The topological polar surface area (TPSA) is 73.8 Å². The maximum absolute atomic E-state index is 14.2. The average molecular weight is 368 g/mol. The summed E-state index contributed by atoms with van der Waals surface area (Å²) in [5.74, 6) is 0.533. The van der Waals surface area contributed by atoms with Gasteiger partial charge in [-0.25, -0.2) is 4.39 Å². The summed E-state index contributed by atoms with van der Waals surface area (Å²) >= 11 is 1.55. The molecular formula is C19H17FN4OS. The molecule has 0 saturated heterocycles. The molecule has 4 rings (SSSR count). The first-order valence-corrected chi connectivity index (χ1v) is 9.33. The van der Waals surface area contributed by atoms with Crippen molar-refractivity contribution in [3.8, 4) is 11.4 Å². The SMILES string of the molecule is NC(=O)c1ccc(CSc2nnc(-c3ccccc3F)n2C2CC2)cc1. The molecule has 1 aliphatic carbocycles. The normalized spacial score (nSPS) is 13.7. The van der Waals surface area contributed by atoms with Crippen molar-refractivity contribution in [3.05, 3.63) is 65.5 Å². The Morgan fingerprint density at radius 2 is 1.88 bits per heavy atom. The zero-order valence-electron chi connectivity index (χ0n) is 13.9. The first kappa shape index (κ1) is 16.8. The molecule has 0 atom stereocenters. The Bertz CT molecular complexity index is 950. The molecule has 0 aliphatic heterocycles. The van der Waals surface area contributed by atoms with Gasteiger partial charge < -0.3 is 5.73 Å². The van der Waals surface area contributed by atoms with Gasteiger partial charge in [0.25, 0.3) is 0 Å². The lowest BCUT2D eigenvalue weighted by Crippen LogP contribution is -2.10. The predicted octanol–water partition coefficient (Wildman–Crippen LogP) is 3.81. The van der Waals surface area contributed by atoms with Crippen LogP contribution in [-0.4, -0.2) is 20.7 Å². The molecule has 26 heavy (non-hydrogen) atoms. The highest BCUT2D eigenvalue weighted by atomic mass is 32.2. The fourth-order valence-electron chi connectivity index (χ4n) is 2.78. The second-order valence-electron chi connectivity index (χ2n) is 6.24. The van der Waals surface area contributed by atoms with E-state index in [0.717, 1.165) is 23.6 Å². The van der Waals surface area contributed by atoms with Crippen molar-refractivity contribution in [2.75, 3.05) is 0 Å². The Labute approximate surface area is 154 Å². The van der Waals surface area contributed by atoms with Crippen LogP contribution < -0.4 is 5.73 Å². The van der Waals surface area contributed by atoms with Gasteiger partial charge in [-0.1, -0.05) is 36.0 Å². The van der Waals surface area contributed by atoms with Crippen LogP contribution in [0.5, 0.6) is 0 Å². The van der Waals surface area contributed by atoms with Crippen molar-refractivity contribution >= 4 is 17.7 Å². The Morgan fingerprint density at radius 1 is 1.15 bits per heavy atom. The summed E-state index contributed by atoms with van der Waals surface area (Å²) in [4.78, 5) is 11.1. The van der Waals surface area contributed by atoms with Crippen molar-refractivity contribution < 1.29 is 9.18 Å². The fourth-order valence-corrected chi connectivity index (χ4v) is 3.74. The second kappa shape index (κ2) is 6.92. The van der Waals surface area contributed by atoms with E-state index in [-0.39, 0.29) is 5.82 Å². The van der Waals surface area contributed by atoms with Crippen molar-refractivity contribution in [1.82, 2.24) is 14.8 Å². The summed E-state index contributed by atoms with van der Waals surface area (Å²) < 4.78 is 16.2. The summed E-state index contributed by atoms with van der Waals surface area (Å²) in [6.07, 6.45) is 2.11. The van der Waals surface area contributed by atoms with Gasteiger partial charge in [-0.2, -0.15) is 0 Å². The number of primary amides is 1. The van der Waals surface area contributed by atoms with Crippen molar-refractivity contribution in [2.24, 2.45) is 5.73 Å². The minimum absolute atomic E-state index is 0.291. The van der Waals surface area contributed by atoms with Crippen LogP contribution in [0.1, 0.15) is 34.8 Å². The molecule has 2 N–H and O–H groups in total. The molecule has 132 valence electrons. The molecule has 7 heteroatoms. The largest absolute Gasteiger partial charge is 0.366 e. The van der Waals surface area contributed by atoms with Crippen LogP contribution in [0, 0.1) is 5.82 Å². The van der Waals surface area contributed by atoms with Crippen LogP contribution in [-0.2, 0) is 5.75 Å². The molecule has 1 fully saturated rings. The number of hydrogen-bond acceptors (Lipinski definition) is 4. The Hall–Kier alpha value is -2.67. The van der Waals surface area contributed by atoms with Gasteiger partial charge >= 0.3 is 0 Å². The van der Waals surface area contributed by atoms with Gasteiger partial charge in [-0.15, -0.1) is 10.2 Å². The highest BCUT2D eigenvalue weighted by molar-refractivity contribution is 7.98. The lowest BCUT2D eigenvalue weighted by atomic mass is 10.1. The van der Waals surface area contributed by atoms with Crippen LogP contribution in [0.3, 0.4) is 0 Å². The van der Waals surface area contributed by atoms with Gasteiger partial charge in [0.15, 0.2) is 11.0 Å². The number of nitrogens with two attached hydrogens (primary N) is 1. The summed E-state index contributed by atoms with van der Waals surface area (Å²) in [5.41, 5.74) is 7.28. The van der Waals surface area contributed by atoms with Crippen LogP contribution in [0.2, 0.25) is 0 Å². The highest BCUT2D eigenvalue weighted by Crippen LogP contribution is 2.41. The standard InChI is InChI=1S/C19H17FN4OS/c20-16-4-2-1-3-15(16)18-22-23-19(24(18)14-9-10-14)26-11-12-5-7-13(8-6-12)17(21)25/h1-8,14H,9-11H2,(H2,21,25). The van der Waals surface area contributed by atoms with Gasteiger partial charge in [0.1, 0.15) is 5.82 Å². The number of rotatable bonds is 6. The third kappa shape index (κ3) is 3.35. The average Bonchev–Trinajstić information content (AvgIpc) is 3.40. The van der Waals surface area contributed by atoms with Gasteiger partial charge in [0.05, 0.1) is 5.56 Å². The summed E-state index contributed by atoms with van der Waals surface area (Å²) in [5, 5.41) is 9.32. The molecule has 0 spiro atoms. The number of benzene rings is 2. The number of carbonyl (C=O) groups excluding carboxylic acids is 1. The van der Waals surface area contributed by atoms with E-state index in [1.807, 2.05) is 16.7 Å². The molecule has 3 aromatic rings. The monoisotopic (exact) mass is 368 g/mol. The van der Waals surface area contributed by atoms with Crippen LogP contribution in [0.15, 0.2) is 53.7 Å². The molecule has 1 aliphatic rings. The highest BCUT2D eigenvalue weighted by Gasteiger charge is 2.30. The molecule has 1 aromatic heterocycles. The molecule has 5 nitrogen and oxygen atoms in total. The third-order valence-electron chi connectivity index (χ3n) is 4.30. The maximum atomic E-state index is 14.2. The predicted molar refractivity (Wildman–Crippen MR) is 98.2 cm³/mol. The number of carbonyl (C=O) groups is 1. The van der Waals surface area contributed by atoms with E-state index >= 15 is 0 Å². The fraction of sp³-hybridized carbons (Fsp3) is 0.211. The molecular weight excluding hydrogens is 351 g/mol. The number of nitrogens with zero attached hydrogens (tertiary/aromatic N) is 3. The molecule has 1 heterocycles. The number of hydrogen-bond donors (Lipinski definition) is 1. The number of aromatic nitrogens is 3. The quantitative estimate of drug-likeness (QED) is 0.672. The summed E-state index contributed by atoms with van der Waals surface area (Å²) in [7, 11) is 0. The van der Waals surface area contributed by atoms with Crippen LogP contribution >= 0.6 is 11.8 Å². The zero-order valence-corrected chi connectivity index (χ0v) is 14.7. The van der Waals surface area contributed by atoms with Crippen molar-refractivity contribution in [1.29, 1.82) is 0 Å². The van der Waals surface area contributed by atoms with Crippen LogP contribution in [0.4, 0.5) is 4.39 Å². The van der Waals surface area contributed by atoms with Crippen molar-refractivity contribution in [2.45, 2.75) is 29.8 Å². The molecule has 0 radical (unpaired) electrons. The van der Waals surface area contributed by atoms with Gasteiger partial charge in [-0.05, 0) is 42.7 Å². The molecule has 1 saturated carbocycles. The molecule has 0 bridgehead atoms. The van der Waals surface area contributed by atoms with E-state index < -0.39 is 5.91 Å². The molecule has 2 aromatic carbocycles. The summed E-state index contributed by atoms with van der Waals surface area (Å²) in [6.45, 7) is 0. The van der Waals surface area contributed by atoms with E-state index in [9.17, 15) is 9.18 Å². The van der Waals surface area contributed by atoms with Gasteiger partial charge in [0, 0.05) is 17.4 Å². The van der Waals surface area contributed by atoms with E-state index in [0.29, 0.717) is 28.7 Å². The number of thioether (sulfide) groups is 1. The third-order valence-corrected chi connectivity index (χ3v) is 5.31. The second-order valence-corrected chi connectivity index (χ2v) is 7.18. The summed E-state index contributed by atoms with van der Waals surface area (Å²) in [6, 6.07) is 14.2. The maximum Gasteiger partial charge on any atom is 0.248 e. The first-order valence-electron chi connectivity index (χ1n) is 8.35. The lowest BCUT2D eigenvalue weighted by molar-refractivity contribution is 0.100. The minimum Gasteiger partial charge on any atom is -0.366 e. The molecule has 0 unspecified atom stereocenters. The van der Waals surface area contributed by atoms with E-state index in [1.54, 1.807) is 42.1 Å². The van der Waals surface area contributed by atoms with Crippen molar-refractivity contribution in [3.63, 3.8) is 0 Å². The Morgan fingerprint density at radius 3 is 2.54 bits per heavy atom. The molecule has 1 amide bonds. The number of halogens is 1. The zero-order chi connectivity index (χ0) is 18.1. The van der Waals surface area contributed by atoms with Crippen LogP contribution in [0.25, 0.3) is 11.4 Å². The Balaban J connectivity index is 1.57. The lowest BCUT2D eigenvalue weighted by Gasteiger charge is -2.09. The Kier molecular flexibility index (Phi) is 4.46. The van der Waals surface area contributed by atoms with E-state index in [4.69, 9.17) is 5.73 Å². The van der Waals surface area contributed by atoms with Gasteiger partial charge in [0.2, 0.25) is 5.91 Å². The smallest absolute Gasteiger partial charge is 0.248 e.